The summed E-state index contributed by atoms with van der Waals surface area (Å²) in [6, 6.07) is 0. The number of nitrogens with zero attached hydrogens (tertiary/aromatic N) is 2. The maximum Gasteiger partial charge on any atom is 0.232 e. The Morgan fingerprint density at radius 3 is 2.80 bits per heavy atom. The van der Waals surface area contributed by atoms with Crippen molar-refractivity contribution in [2.75, 3.05) is 0 Å². The maximum absolute atomic E-state index is 5.43. The summed E-state index contributed by atoms with van der Waals surface area (Å²) in [5, 5.41) is 4.23. The van der Waals surface area contributed by atoms with E-state index in [0.717, 1.165) is 17.6 Å². The molecule has 0 aliphatic heterocycles. The fraction of sp³-hybridized carbons (Fsp3) is 0.833. The minimum Gasteiger partial charge on any atom is -0.339 e. The zero-order valence-electron chi connectivity index (χ0n) is 9.12. The molecule has 80 valence electrons. The van der Waals surface area contributed by atoms with E-state index in [-0.39, 0.29) is 5.41 Å². The highest BCUT2D eigenvalue weighted by molar-refractivity contribution is 5.26. The average Bonchev–Trinajstić information content (AvgIpc) is 3.02. The molecule has 2 atom stereocenters. The predicted octanol–water partition coefficient (Wildman–Crippen LogP) is 2.56. The molecule has 0 aromatic carbocycles. The number of aromatic nitrogens is 2. The summed E-state index contributed by atoms with van der Waals surface area (Å²) in [6.07, 6.45) is 7.75. The summed E-state index contributed by atoms with van der Waals surface area (Å²) < 4.78 is 5.43. The van der Waals surface area contributed by atoms with Gasteiger partial charge in [0.1, 0.15) is 0 Å². The standard InChI is InChI=1S/C12H16N2O/c1-11(5-6-11)10-13-9(14-15-10)12-4-2-3-8(12)7-12/h8H,2-7H2,1H3. The predicted molar refractivity (Wildman–Crippen MR) is 54.5 cm³/mol. The van der Waals surface area contributed by atoms with Crippen LogP contribution in [0.5, 0.6) is 0 Å². The van der Waals surface area contributed by atoms with E-state index in [9.17, 15) is 0 Å². The van der Waals surface area contributed by atoms with Crippen molar-refractivity contribution in [3.63, 3.8) is 0 Å². The molecule has 3 fully saturated rings. The van der Waals surface area contributed by atoms with Gasteiger partial charge in [-0.2, -0.15) is 4.98 Å². The topological polar surface area (TPSA) is 38.9 Å². The molecule has 0 bridgehead atoms. The van der Waals surface area contributed by atoms with E-state index >= 15 is 0 Å². The first-order valence-electron chi connectivity index (χ1n) is 6.08. The van der Waals surface area contributed by atoms with Crippen molar-refractivity contribution in [3.8, 4) is 0 Å². The molecule has 3 heteroatoms. The minimum atomic E-state index is 0.227. The van der Waals surface area contributed by atoms with Gasteiger partial charge in [0.2, 0.25) is 5.89 Å². The van der Waals surface area contributed by atoms with Crippen LogP contribution in [-0.2, 0) is 10.8 Å². The second-order valence-electron chi connectivity index (χ2n) is 5.93. The van der Waals surface area contributed by atoms with Gasteiger partial charge in [0.15, 0.2) is 5.82 Å². The van der Waals surface area contributed by atoms with E-state index in [1.165, 1.54) is 38.5 Å². The lowest BCUT2D eigenvalue weighted by Crippen LogP contribution is -2.08. The third-order valence-electron chi connectivity index (χ3n) is 4.80. The van der Waals surface area contributed by atoms with E-state index in [2.05, 4.69) is 17.1 Å². The summed E-state index contributed by atoms with van der Waals surface area (Å²) >= 11 is 0. The lowest BCUT2D eigenvalue weighted by molar-refractivity contribution is 0.345. The van der Waals surface area contributed by atoms with Crippen LogP contribution in [0.4, 0.5) is 0 Å². The molecule has 2 unspecified atom stereocenters. The van der Waals surface area contributed by atoms with Gasteiger partial charge < -0.3 is 4.52 Å². The molecule has 3 aliphatic rings. The fourth-order valence-electron chi connectivity index (χ4n) is 3.19. The Bertz CT molecular complexity index is 421. The lowest BCUT2D eigenvalue weighted by atomic mass is 10.0. The van der Waals surface area contributed by atoms with Crippen LogP contribution in [0.15, 0.2) is 4.52 Å². The Labute approximate surface area is 89.2 Å². The molecule has 0 spiro atoms. The molecule has 1 aromatic heterocycles. The van der Waals surface area contributed by atoms with Crippen LogP contribution in [0.2, 0.25) is 0 Å². The van der Waals surface area contributed by atoms with E-state index < -0.39 is 0 Å². The summed E-state index contributed by atoms with van der Waals surface area (Å²) in [7, 11) is 0. The summed E-state index contributed by atoms with van der Waals surface area (Å²) in [5.74, 6) is 2.78. The molecule has 0 saturated heterocycles. The molecule has 4 rings (SSSR count). The molecule has 15 heavy (non-hydrogen) atoms. The van der Waals surface area contributed by atoms with Crippen LogP contribution in [-0.4, -0.2) is 10.1 Å². The van der Waals surface area contributed by atoms with Crippen molar-refractivity contribution in [3.05, 3.63) is 11.7 Å². The third kappa shape index (κ3) is 0.963. The highest BCUT2D eigenvalue weighted by Gasteiger charge is 2.61. The largest absolute Gasteiger partial charge is 0.339 e. The monoisotopic (exact) mass is 204 g/mol. The SMILES string of the molecule is CC1(c2nc(C34CCCC3C4)no2)CC1. The Morgan fingerprint density at radius 2 is 2.20 bits per heavy atom. The normalized spacial score (nSPS) is 40.2. The smallest absolute Gasteiger partial charge is 0.232 e. The van der Waals surface area contributed by atoms with Crippen molar-refractivity contribution in [1.82, 2.24) is 10.1 Å². The van der Waals surface area contributed by atoms with Gasteiger partial charge in [-0.3, -0.25) is 0 Å². The maximum atomic E-state index is 5.43. The van der Waals surface area contributed by atoms with Crippen LogP contribution in [0.3, 0.4) is 0 Å². The molecule has 3 saturated carbocycles. The highest BCUT2D eigenvalue weighted by Crippen LogP contribution is 2.63. The van der Waals surface area contributed by atoms with Gasteiger partial charge in [-0.05, 0) is 38.0 Å². The first-order chi connectivity index (χ1) is 7.23. The number of fused-ring (bicyclic) bond motifs is 1. The van der Waals surface area contributed by atoms with Gasteiger partial charge in [-0.1, -0.05) is 18.5 Å². The van der Waals surface area contributed by atoms with Gasteiger partial charge in [-0.15, -0.1) is 0 Å². The molecule has 3 nitrogen and oxygen atoms in total. The Kier molecular flexibility index (Phi) is 1.26. The Morgan fingerprint density at radius 1 is 1.33 bits per heavy atom. The fourth-order valence-corrected chi connectivity index (χ4v) is 3.19. The molecule has 0 amide bonds. The molecule has 0 radical (unpaired) electrons. The highest BCUT2D eigenvalue weighted by atomic mass is 16.5. The Hall–Kier alpha value is -0.860. The number of rotatable bonds is 2. The molecule has 0 N–H and O–H groups in total. The summed E-state index contributed by atoms with van der Waals surface area (Å²) in [4.78, 5) is 4.66. The van der Waals surface area contributed by atoms with Gasteiger partial charge in [0.25, 0.3) is 0 Å². The van der Waals surface area contributed by atoms with Gasteiger partial charge in [0.05, 0.1) is 0 Å². The van der Waals surface area contributed by atoms with Crippen molar-refractivity contribution >= 4 is 0 Å². The van der Waals surface area contributed by atoms with Gasteiger partial charge in [0, 0.05) is 10.8 Å². The second-order valence-corrected chi connectivity index (χ2v) is 5.93. The molecule has 1 heterocycles. The summed E-state index contributed by atoms with van der Waals surface area (Å²) in [5.41, 5.74) is 0.581. The third-order valence-corrected chi connectivity index (χ3v) is 4.80. The van der Waals surface area contributed by atoms with Crippen molar-refractivity contribution in [2.24, 2.45) is 5.92 Å². The van der Waals surface area contributed by atoms with Crippen LogP contribution in [0.25, 0.3) is 0 Å². The van der Waals surface area contributed by atoms with Gasteiger partial charge >= 0.3 is 0 Å². The first-order valence-corrected chi connectivity index (χ1v) is 6.08. The lowest BCUT2D eigenvalue weighted by Gasteiger charge is -2.04. The van der Waals surface area contributed by atoms with Crippen molar-refractivity contribution < 1.29 is 4.52 Å². The van der Waals surface area contributed by atoms with E-state index in [4.69, 9.17) is 4.52 Å². The van der Waals surface area contributed by atoms with Gasteiger partial charge in [-0.25, -0.2) is 0 Å². The number of hydrogen-bond acceptors (Lipinski definition) is 3. The quantitative estimate of drug-likeness (QED) is 0.743. The zero-order valence-corrected chi connectivity index (χ0v) is 9.12. The second kappa shape index (κ2) is 2.28. The molecule has 1 aromatic rings. The van der Waals surface area contributed by atoms with Crippen LogP contribution in [0.1, 0.15) is 57.2 Å². The van der Waals surface area contributed by atoms with Crippen LogP contribution < -0.4 is 0 Å². The van der Waals surface area contributed by atoms with Crippen molar-refractivity contribution in [1.29, 1.82) is 0 Å². The molecular formula is C12H16N2O. The Balaban J connectivity index is 1.70. The van der Waals surface area contributed by atoms with E-state index in [0.29, 0.717) is 5.41 Å². The first kappa shape index (κ1) is 8.31. The summed E-state index contributed by atoms with van der Waals surface area (Å²) in [6.45, 7) is 2.22. The minimum absolute atomic E-state index is 0.227. The zero-order chi connectivity index (χ0) is 10.1. The van der Waals surface area contributed by atoms with E-state index in [1.807, 2.05) is 0 Å². The molecular weight excluding hydrogens is 188 g/mol. The molecule has 3 aliphatic carbocycles. The van der Waals surface area contributed by atoms with E-state index in [1.54, 1.807) is 0 Å². The van der Waals surface area contributed by atoms with Crippen LogP contribution in [0, 0.1) is 5.92 Å². The number of hydrogen-bond donors (Lipinski definition) is 0. The average molecular weight is 204 g/mol. The van der Waals surface area contributed by atoms with Crippen LogP contribution >= 0.6 is 0 Å². The van der Waals surface area contributed by atoms with Crippen molar-refractivity contribution in [2.45, 2.75) is 56.3 Å².